The maximum Gasteiger partial charge on any atom is 0.242 e. The Balaban J connectivity index is 2.30. The topological polar surface area (TPSA) is 129 Å². The van der Waals surface area contributed by atoms with Crippen LogP contribution in [-0.2, 0) is 16.0 Å². The number of phenols is 1. The Morgan fingerprint density at radius 3 is 2.27 bits per heavy atom. The van der Waals surface area contributed by atoms with E-state index in [0.29, 0.717) is 19.4 Å². The second-order valence-corrected chi connectivity index (χ2v) is 7.38. The van der Waals surface area contributed by atoms with Crippen molar-refractivity contribution in [3.8, 4) is 5.75 Å². The second kappa shape index (κ2) is 16.6. The number of nitrogens with one attached hydrogen (secondary N) is 4. The van der Waals surface area contributed by atoms with Gasteiger partial charge in [0.25, 0.3) is 0 Å². The number of benzene rings is 1. The number of unbranched alkanes of at least 4 members (excludes halogenated alkanes) is 1. The lowest BCUT2D eigenvalue weighted by atomic mass is 10.0. The third-order valence-electron chi connectivity index (χ3n) is 4.62. The van der Waals surface area contributed by atoms with Crippen molar-refractivity contribution in [3.05, 3.63) is 29.8 Å². The molecule has 0 spiro atoms. The highest BCUT2D eigenvalue weighted by molar-refractivity contribution is 5.87. The van der Waals surface area contributed by atoms with Crippen LogP contribution in [0.5, 0.6) is 5.75 Å². The molecule has 170 valence electrons. The predicted molar refractivity (Wildman–Crippen MR) is 120 cm³/mol. The van der Waals surface area contributed by atoms with Crippen molar-refractivity contribution in [2.75, 3.05) is 39.3 Å². The summed E-state index contributed by atoms with van der Waals surface area (Å²) in [6.07, 6.45) is 4.47. The number of hydrogen-bond donors (Lipinski definition) is 6. The van der Waals surface area contributed by atoms with E-state index in [-0.39, 0.29) is 17.6 Å². The van der Waals surface area contributed by atoms with E-state index in [1.807, 2.05) is 6.92 Å². The molecule has 0 bridgehead atoms. The lowest BCUT2D eigenvalue weighted by Gasteiger charge is -2.19. The van der Waals surface area contributed by atoms with Crippen LogP contribution in [0.15, 0.2) is 24.3 Å². The van der Waals surface area contributed by atoms with Crippen LogP contribution in [0.1, 0.15) is 44.6 Å². The van der Waals surface area contributed by atoms with E-state index in [1.165, 1.54) is 0 Å². The fourth-order valence-electron chi connectivity index (χ4n) is 2.94. The number of rotatable bonds is 17. The number of carbonyl (C=O) groups excluding carboxylic acids is 2. The molecule has 1 aromatic rings. The first-order valence-corrected chi connectivity index (χ1v) is 11.0. The van der Waals surface area contributed by atoms with Crippen LogP contribution in [0.3, 0.4) is 0 Å². The summed E-state index contributed by atoms with van der Waals surface area (Å²) < 4.78 is 0. The van der Waals surface area contributed by atoms with Crippen LogP contribution < -0.4 is 27.0 Å². The minimum Gasteiger partial charge on any atom is -0.508 e. The lowest BCUT2D eigenvalue weighted by Crippen LogP contribution is -2.48. The molecule has 0 radical (unpaired) electrons. The van der Waals surface area contributed by atoms with E-state index >= 15 is 0 Å². The minimum absolute atomic E-state index is 0.128. The van der Waals surface area contributed by atoms with Crippen LogP contribution >= 0.6 is 0 Å². The zero-order valence-electron chi connectivity index (χ0n) is 18.2. The first-order chi connectivity index (χ1) is 14.6. The predicted octanol–water partition coefficient (Wildman–Crippen LogP) is 0.644. The van der Waals surface area contributed by atoms with E-state index in [2.05, 4.69) is 21.3 Å². The average Bonchev–Trinajstić information content (AvgIpc) is 2.73. The maximum atomic E-state index is 12.6. The average molecular weight is 422 g/mol. The van der Waals surface area contributed by atoms with Crippen LogP contribution in [0.4, 0.5) is 0 Å². The smallest absolute Gasteiger partial charge is 0.242 e. The lowest BCUT2D eigenvalue weighted by molar-refractivity contribution is -0.129. The number of amides is 2. The second-order valence-electron chi connectivity index (χ2n) is 7.38. The van der Waals surface area contributed by atoms with Gasteiger partial charge in [-0.05, 0) is 63.0 Å². The standard InChI is InChI=1S/C22H39N5O3/c1-2-6-21(29)27-20(17-18-7-9-19(28)10-8-18)22(30)26-14-5-13-25-16-15-24-12-4-3-11-23/h7-10,20,24-25,28H,2-6,11-17,23H2,1H3,(H,26,30)(H,27,29)/t20-/m0/s1. The molecule has 1 atom stereocenters. The number of carbonyl (C=O) groups is 2. The highest BCUT2D eigenvalue weighted by Crippen LogP contribution is 2.11. The summed E-state index contributed by atoms with van der Waals surface area (Å²) in [7, 11) is 0. The molecule has 1 aromatic carbocycles. The minimum atomic E-state index is -0.626. The van der Waals surface area contributed by atoms with Gasteiger partial charge in [0.15, 0.2) is 0 Å². The molecule has 30 heavy (non-hydrogen) atoms. The van der Waals surface area contributed by atoms with Crippen molar-refractivity contribution in [1.29, 1.82) is 0 Å². The molecule has 0 aliphatic heterocycles. The highest BCUT2D eigenvalue weighted by Gasteiger charge is 2.20. The molecule has 7 N–H and O–H groups in total. The summed E-state index contributed by atoms with van der Waals surface area (Å²) in [5, 5.41) is 21.9. The molecule has 8 heteroatoms. The third kappa shape index (κ3) is 12.4. The summed E-state index contributed by atoms with van der Waals surface area (Å²) in [4.78, 5) is 24.6. The molecule has 0 aromatic heterocycles. The van der Waals surface area contributed by atoms with Crippen LogP contribution in [0.2, 0.25) is 0 Å². The van der Waals surface area contributed by atoms with Crippen molar-refractivity contribution in [3.63, 3.8) is 0 Å². The third-order valence-corrected chi connectivity index (χ3v) is 4.62. The number of hydrogen-bond acceptors (Lipinski definition) is 6. The Morgan fingerprint density at radius 2 is 1.63 bits per heavy atom. The van der Waals surface area contributed by atoms with Gasteiger partial charge in [-0.25, -0.2) is 0 Å². The summed E-state index contributed by atoms with van der Waals surface area (Å²) in [5.74, 6) is -0.140. The number of phenolic OH excluding ortho intramolecular Hbond substituents is 1. The van der Waals surface area contributed by atoms with E-state index in [0.717, 1.165) is 64.0 Å². The monoisotopic (exact) mass is 421 g/mol. The van der Waals surface area contributed by atoms with Gasteiger partial charge < -0.3 is 32.1 Å². The van der Waals surface area contributed by atoms with Gasteiger partial charge in [-0.2, -0.15) is 0 Å². The quantitative estimate of drug-likeness (QED) is 0.205. The van der Waals surface area contributed by atoms with Gasteiger partial charge in [0.05, 0.1) is 0 Å². The summed E-state index contributed by atoms with van der Waals surface area (Å²) >= 11 is 0. The Morgan fingerprint density at radius 1 is 0.967 bits per heavy atom. The fraction of sp³-hybridized carbons (Fsp3) is 0.636. The van der Waals surface area contributed by atoms with Crippen LogP contribution in [0, 0.1) is 0 Å². The van der Waals surface area contributed by atoms with Crippen molar-refractivity contribution >= 4 is 11.8 Å². The molecule has 2 amide bonds. The van der Waals surface area contributed by atoms with Gasteiger partial charge in [-0.3, -0.25) is 9.59 Å². The van der Waals surface area contributed by atoms with E-state index in [1.54, 1.807) is 24.3 Å². The summed E-state index contributed by atoms with van der Waals surface area (Å²) in [6.45, 7) is 6.81. The highest BCUT2D eigenvalue weighted by atomic mass is 16.3. The molecule has 0 saturated heterocycles. The van der Waals surface area contributed by atoms with Gasteiger partial charge in [-0.15, -0.1) is 0 Å². The van der Waals surface area contributed by atoms with E-state index in [4.69, 9.17) is 5.73 Å². The van der Waals surface area contributed by atoms with Gasteiger partial charge >= 0.3 is 0 Å². The first kappa shape index (κ1) is 25.9. The van der Waals surface area contributed by atoms with Crippen molar-refractivity contribution in [1.82, 2.24) is 21.3 Å². The zero-order valence-corrected chi connectivity index (χ0v) is 18.2. The van der Waals surface area contributed by atoms with Crippen molar-refractivity contribution < 1.29 is 14.7 Å². The van der Waals surface area contributed by atoms with Crippen molar-refractivity contribution in [2.45, 2.75) is 51.5 Å². The maximum absolute atomic E-state index is 12.6. The first-order valence-electron chi connectivity index (χ1n) is 11.0. The van der Waals surface area contributed by atoms with E-state index in [9.17, 15) is 14.7 Å². The molecular formula is C22H39N5O3. The normalized spacial score (nSPS) is 11.8. The fourth-order valence-corrected chi connectivity index (χ4v) is 2.94. The van der Waals surface area contributed by atoms with Crippen molar-refractivity contribution in [2.24, 2.45) is 5.73 Å². The molecule has 0 saturated carbocycles. The van der Waals surface area contributed by atoms with Crippen LogP contribution in [-0.4, -0.2) is 62.2 Å². The molecular weight excluding hydrogens is 382 g/mol. The largest absolute Gasteiger partial charge is 0.508 e. The summed E-state index contributed by atoms with van der Waals surface area (Å²) in [6, 6.07) is 6.05. The van der Waals surface area contributed by atoms with Gasteiger partial charge in [-0.1, -0.05) is 19.1 Å². The molecule has 0 unspecified atom stereocenters. The molecule has 8 nitrogen and oxygen atoms in total. The molecule has 0 fully saturated rings. The van der Waals surface area contributed by atoms with Gasteiger partial charge in [0, 0.05) is 32.5 Å². The van der Waals surface area contributed by atoms with Crippen LogP contribution in [0.25, 0.3) is 0 Å². The van der Waals surface area contributed by atoms with Gasteiger partial charge in [0.2, 0.25) is 11.8 Å². The number of nitrogens with two attached hydrogens (primary N) is 1. The SMILES string of the molecule is CCCC(=O)N[C@@H](Cc1ccc(O)cc1)C(=O)NCCCNCCNCCCCN. The van der Waals surface area contributed by atoms with Gasteiger partial charge in [0.1, 0.15) is 11.8 Å². The Hall–Kier alpha value is -2.16. The Labute approximate surface area is 180 Å². The number of aromatic hydroxyl groups is 1. The Bertz CT molecular complexity index is 595. The Kier molecular flexibility index (Phi) is 14.3. The molecule has 1 rings (SSSR count). The summed E-state index contributed by atoms with van der Waals surface area (Å²) in [5.41, 5.74) is 6.34. The van der Waals surface area contributed by atoms with E-state index < -0.39 is 6.04 Å². The molecule has 0 aliphatic rings. The molecule has 0 aliphatic carbocycles. The zero-order chi connectivity index (χ0) is 22.0. The molecule has 0 heterocycles.